The molecule has 87 heavy (non-hydrogen) atoms. The number of aliphatic hydroxyl groups excluding tert-OH is 2. The maximum absolute atomic E-state index is 15.5. The van der Waals surface area contributed by atoms with Gasteiger partial charge >= 0.3 is 13.6 Å². The van der Waals surface area contributed by atoms with E-state index >= 15 is 9.59 Å². The minimum atomic E-state index is -4.77. The highest BCUT2D eigenvalue weighted by molar-refractivity contribution is 7.51. The number of benzene rings is 5. The molecule has 0 radical (unpaired) electrons. The summed E-state index contributed by atoms with van der Waals surface area (Å²) in [5, 5.41) is 100. The minimum Gasteiger partial charge on any atom is -0.507 e. The van der Waals surface area contributed by atoms with Crippen LogP contribution in [0.15, 0.2) is 72.8 Å². The molecule has 5 aromatic rings. The molecule has 0 saturated heterocycles. The first-order valence-electron chi connectivity index (χ1n) is 26.3. The molecule has 10 rings (SSSR count). The molecule has 0 spiro atoms. The van der Waals surface area contributed by atoms with Crippen LogP contribution in [0.4, 0.5) is 0 Å². The predicted molar refractivity (Wildman–Crippen MR) is 304 cm³/mol. The van der Waals surface area contributed by atoms with E-state index in [1.54, 1.807) is 0 Å². The van der Waals surface area contributed by atoms with Crippen LogP contribution in [-0.4, -0.2) is 130 Å². The lowest BCUT2D eigenvalue weighted by molar-refractivity contribution is -0.143. The molecule has 5 aromatic carbocycles. The van der Waals surface area contributed by atoms with Crippen molar-refractivity contribution in [3.05, 3.63) is 116 Å². The van der Waals surface area contributed by atoms with Gasteiger partial charge in [-0.3, -0.25) is 38.1 Å². The van der Waals surface area contributed by atoms with Crippen LogP contribution in [0.25, 0.3) is 11.1 Å². The second kappa shape index (κ2) is 26.1. The molecule has 32 heteroatoms. The van der Waals surface area contributed by atoms with E-state index in [9.17, 15) is 78.9 Å². The van der Waals surface area contributed by atoms with E-state index in [-0.39, 0.29) is 45.0 Å². The number of carbonyl (C=O) groups is 8. The number of aromatic hydroxyl groups is 4. The molecule has 9 atom stereocenters. The van der Waals surface area contributed by atoms with E-state index in [0.29, 0.717) is 0 Å². The Morgan fingerprint density at radius 1 is 0.678 bits per heavy atom. The van der Waals surface area contributed by atoms with E-state index in [4.69, 9.17) is 38.4 Å². The molecule has 11 bridgehead atoms. The maximum atomic E-state index is 15.5. The van der Waals surface area contributed by atoms with Gasteiger partial charge in [0.1, 0.15) is 71.2 Å². The monoisotopic (exact) mass is 1270 g/mol. The van der Waals surface area contributed by atoms with Crippen LogP contribution in [0.1, 0.15) is 90.4 Å². The normalized spacial score (nSPS) is 21.8. The Balaban J connectivity index is 1.37. The summed E-state index contributed by atoms with van der Waals surface area (Å²) in [6.45, 7) is 2.93. The summed E-state index contributed by atoms with van der Waals surface area (Å²) in [7, 11) is -3.29. The van der Waals surface area contributed by atoms with E-state index in [1.165, 1.54) is 19.2 Å². The lowest BCUT2D eigenvalue weighted by atomic mass is 9.88. The number of fused-ring (bicyclic) bond motifs is 15. The molecule has 5 heterocycles. The number of primary amides is 1. The number of carboxylic acids is 1. The molecule has 0 aliphatic carbocycles. The molecule has 5 aliphatic rings. The number of ether oxygens (including phenoxy) is 2. The summed E-state index contributed by atoms with van der Waals surface area (Å²) in [4.78, 5) is 134. The molecule has 1 unspecified atom stereocenters. The zero-order valence-corrected chi connectivity index (χ0v) is 48.2. The van der Waals surface area contributed by atoms with Crippen molar-refractivity contribution in [2.45, 2.75) is 87.7 Å². The van der Waals surface area contributed by atoms with Gasteiger partial charge in [-0.05, 0) is 96.2 Å². The number of aliphatic hydroxyl groups is 2. The van der Waals surface area contributed by atoms with Crippen LogP contribution in [0.3, 0.4) is 0 Å². The lowest BCUT2D eigenvalue weighted by Crippen LogP contribution is -2.59. The third-order valence-electron chi connectivity index (χ3n) is 14.2. The van der Waals surface area contributed by atoms with Gasteiger partial charge in [0.25, 0.3) is 0 Å². The molecule has 7 amide bonds. The van der Waals surface area contributed by atoms with Crippen molar-refractivity contribution in [3.8, 4) is 57.1 Å². The Bertz CT molecular complexity index is 3680. The molecular formula is C55H58Cl2N9O20P. The van der Waals surface area contributed by atoms with Crippen LogP contribution in [0.2, 0.25) is 10.0 Å². The van der Waals surface area contributed by atoms with E-state index < -0.39 is 197 Å². The first kappa shape index (κ1) is 64.2. The molecular weight excluding hydrogens is 1210 g/mol. The van der Waals surface area contributed by atoms with Crippen molar-refractivity contribution in [2.75, 3.05) is 13.3 Å². The number of aliphatic carboxylic acids is 1. The smallest absolute Gasteiger partial charge is 0.339 e. The van der Waals surface area contributed by atoms with Crippen LogP contribution in [-0.2, 0) is 49.5 Å². The van der Waals surface area contributed by atoms with Crippen molar-refractivity contribution in [3.63, 3.8) is 0 Å². The van der Waals surface area contributed by atoms with Gasteiger partial charge in [-0.2, -0.15) is 0 Å². The Kier molecular flexibility index (Phi) is 19.2. The van der Waals surface area contributed by atoms with Crippen molar-refractivity contribution in [2.24, 2.45) is 11.7 Å². The Morgan fingerprint density at radius 2 is 1.25 bits per heavy atom. The molecule has 0 saturated carbocycles. The summed E-state index contributed by atoms with van der Waals surface area (Å²) in [5.74, 6) is -16.2. The van der Waals surface area contributed by atoms with Crippen molar-refractivity contribution in [1.82, 2.24) is 42.5 Å². The van der Waals surface area contributed by atoms with Gasteiger partial charge < -0.3 is 103 Å². The number of phenolic OH excluding ortho intramolecular Hbond substituents is 4. The average Bonchev–Trinajstić information content (AvgIpc) is 0.956. The van der Waals surface area contributed by atoms with E-state index in [1.807, 2.05) is 13.8 Å². The fraction of sp³-hybridized carbons (Fsp3) is 0.309. The third-order valence-corrected chi connectivity index (χ3v) is 15.5. The summed E-state index contributed by atoms with van der Waals surface area (Å²) in [5.41, 5.74) is 2.06. The number of hydrogen-bond acceptors (Lipinski definition) is 19. The number of carbonyl (C=O) groups excluding carboxylic acids is 7. The Hall–Kier alpha value is -8.77. The van der Waals surface area contributed by atoms with Crippen molar-refractivity contribution in [1.29, 1.82) is 0 Å². The summed E-state index contributed by atoms with van der Waals surface area (Å²) >= 11 is 13.5. The predicted octanol–water partition coefficient (Wildman–Crippen LogP) is 1.62. The van der Waals surface area contributed by atoms with Crippen LogP contribution in [0.5, 0.6) is 46.0 Å². The van der Waals surface area contributed by atoms with Gasteiger partial charge in [0.15, 0.2) is 17.5 Å². The first-order valence-corrected chi connectivity index (χ1v) is 28.8. The van der Waals surface area contributed by atoms with Crippen LogP contribution >= 0.6 is 30.8 Å². The van der Waals surface area contributed by atoms with Gasteiger partial charge in [-0.25, -0.2) is 4.79 Å². The first-order chi connectivity index (χ1) is 40.9. The standard InChI is InChI=1S/C55H58Cl2N9O20P/c1-20(2)10-30(59-3)49(74)65-43-45(70)22-5-8-34(28(56)12-22)85-36-14-24-15-37(48(36)73)86-35-9-6-23(13-29(35)57)46(71)44-54(79)64-42(55(80)81)26-16-33(68)27(18-60-19-87(82,83)84)47(72)39(26)25-11-21(4-7-32(25)67)40(51(76)66-44)63-52(77)41(24)62-50(75)31(17-38(58)69)61-53(43)78/h4-9,11-16,20,30-31,40-46,59-60,67-68,70-73H,10,17-19H2,1-3H3,(H2,58,69)(H,61,78)(H,62,75)(H,63,77)(H,64,79)(H,65,74)(H,66,76)(H,80,81)(H2,82,83,84)/t30-,31+,40?,41-,42+,43-,44+,45-,46-/m1/s1. The molecule has 0 aromatic heterocycles. The SMILES string of the molecule is CN[C@H](CC(C)C)C(=O)N[C@H]1C(=O)N[C@@H](CC(N)=O)C(=O)N[C@H]2C(=O)NC3C(=O)N[C@H](C(=O)N[C@H](C(=O)O)c4cc(O)c(CNCP(=O)(O)O)c(O)c4-c4cc3ccc4O)[C@H](O)c3ccc(c(Cl)c3)Oc3cc2cc(c3O)Oc2ccc(cc2Cl)[C@H]1O. The zero-order valence-electron chi connectivity index (χ0n) is 45.8. The molecule has 19 N–H and O–H groups in total. The second-order valence-electron chi connectivity index (χ2n) is 20.9. The summed E-state index contributed by atoms with van der Waals surface area (Å²) in [6, 6.07) is -1.37. The molecule has 462 valence electrons. The number of likely N-dealkylation sites (N-methyl/N-ethyl adjacent to an activating group) is 1. The fourth-order valence-electron chi connectivity index (χ4n) is 9.91. The van der Waals surface area contributed by atoms with Crippen LogP contribution in [0, 0.1) is 5.92 Å². The molecule has 5 aliphatic heterocycles. The number of phenols is 4. The summed E-state index contributed by atoms with van der Waals surface area (Å²) < 4.78 is 24.0. The van der Waals surface area contributed by atoms with Crippen molar-refractivity contribution >= 4 is 78.1 Å². The highest BCUT2D eigenvalue weighted by Crippen LogP contribution is 2.49. The van der Waals surface area contributed by atoms with E-state index in [2.05, 4.69) is 42.5 Å². The number of hydrogen-bond donors (Lipinski definition) is 18. The molecule has 0 fully saturated rings. The highest BCUT2D eigenvalue weighted by atomic mass is 35.5. The minimum absolute atomic E-state index is 0.0584. The molecule has 29 nitrogen and oxygen atoms in total. The van der Waals surface area contributed by atoms with E-state index in [0.717, 1.165) is 60.7 Å². The number of rotatable bonds is 12. The second-order valence-corrected chi connectivity index (χ2v) is 23.4. The van der Waals surface area contributed by atoms with Gasteiger partial charge in [0.2, 0.25) is 47.1 Å². The third kappa shape index (κ3) is 14.2. The van der Waals surface area contributed by atoms with Gasteiger partial charge in [0, 0.05) is 23.2 Å². The number of nitrogens with one attached hydrogen (secondary N) is 8. The summed E-state index contributed by atoms with van der Waals surface area (Å²) in [6.07, 6.45) is -5.94. The maximum Gasteiger partial charge on any atom is 0.339 e. The highest BCUT2D eigenvalue weighted by Gasteiger charge is 2.42. The quantitative estimate of drug-likeness (QED) is 0.0789. The number of nitrogens with two attached hydrogens (primary N) is 1. The van der Waals surface area contributed by atoms with Crippen LogP contribution < -0.4 is 57.7 Å². The number of halogens is 2. The van der Waals surface area contributed by atoms with Crippen molar-refractivity contribution < 1.29 is 97.9 Å². The Labute approximate surface area is 502 Å². The lowest BCUT2D eigenvalue weighted by Gasteiger charge is -2.31. The Morgan fingerprint density at radius 3 is 1.82 bits per heavy atom. The average molecular weight is 1270 g/mol. The zero-order chi connectivity index (χ0) is 63.7. The number of carboxylic acid groups (broad SMARTS) is 1. The van der Waals surface area contributed by atoms with Gasteiger partial charge in [-0.1, -0.05) is 55.2 Å². The van der Waals surface area contributed by atoms with Gasteiger partial charge in [0.05, 0.1) is 34.4 Å². The topological polar surface area (TPSA) is 476 Å². The fourth-order valence-corrected chi connectivity index (χ4v) is 10.8. The largest absolute Gasteiger partial charge is 0.507 e. The van der Waals surface area contributed by atoms with Gasteiger partial charge in [-0.15, -0.1) is 0 Å². The number of amides is 7.